The maximum Gasteiger partial charge on any atom is 0.310 e. The Morgan fingerprint density at radius 2 is 2.10 bits per heavy atom. The topological polar surface area (TPSA) is 88.3 Å². The van der Waals surface area contributed by atoms with Gasteiger partial charge in [-0.15, -0.1) is 21.5 Å². The monoisotopic (exact) mass is 309 g/mol. The van der Waals surface area contributed by atoms with Crippen LogP contribution in [0.15, 0.2) is 21.9 Å². The van der Waals surface area contributed by atoms with Crippen molar-refractivity contribution in [3.05, 3.63) is 23.4 Å². The molecule has 0 aromatic carbocycles. The average molecular weight is 309 g/mol. The number of nitrogens with one attached hydrogen (secondary N) is 1. The van der Waals surface area contributed by atoms with Crippen molar-refractivity contribution < 1.29 is 14.3 Å². The van der Waals surface area contributed by atoms with Crippen LogP contribution in [0.3, 0.4) is 0 Å². The second kappa shape index (κ2) is 5.57. The molecular formula is C14H19N3O3S. The van der Waals surface area contributed by atoms with E-state index in [-0.39, 0.29) is 0 Å². The number of nitrogens with zero attached hydrogens (tertiary/aromatic N) is 2. The normalized spacial score (nSPS) is 12.6. The number of carboxylic acid groups (broad SMARTS) is 1. The highest BCUT2D eigenvalue weighted by Crippen LogP contribution is 2.31. The molecule has 2 aromatic heterocycles. The van der Waals surface area contributed by atoms with Crippen LogP contribution in [0.25, 0.3) is 10.8 Å². The molecule has 0 saturated carbocycles. The lowest BCUT2D eigenvalue weighted by atomic mass is 9.74. The summed E-state index contributed by atoms with van der Waals surface area (Å²) in [4.78, 5) is 12.3. The Hall–Kier alpha value is -1.73. The van der Waals surface area contributed by atoms with Crippen molar-refractivity contribution in [2.45, 2.75) is 39.8 Å². The van der Waals surface area contributed by atoms with Crippen molar-refractivity contribution in [1.29, 1.82) is 0 Å². The van der Waals surface area contributed by atoms with E-state index < -0.39 is 16.9 Å². The Kier molecular flexibility index (Phi) is 4.15. The molecule has 0 bridgehead atoms. The summed E-state index contributed by atoms with van der Waals surface area (Å²) >= 11 is 1.53. The van der Waals surface area contributed by atoms with Crippen LogP contribution in [0, 0.1) is 5.41 Å². The van der Waals surface area contributed by atoms with E-state index in [0.717, 1.165) is 4.88 Å². The first-order valence-electron chi connectivity index (χ1n) is 6.59. The Morgan fingerprint density at radius 1 is 1.38 bits per heavy atom. The number of aliphatic carboxylic acids is 1. The highest BCUT2D eigenvalue weighted by Gasteiger charge is 2.43. The number of carboxylic acids is 1. The highest BCUT2D eigenvalue weighted by molar-refractivity contribution is 7.13. The van der Waals surface area contributed by atoms with Crippen molar-refractivity contribution in [3.8, 4) is 10.8 Å². The summed E-state index contributed by atoms with van der Waals surface area (Å²) in [6.07, 6.45) is 0. The fourth-order valence-electron chi connectivity index (χ4n) is 1.61. The molecule has 114 valence electrons. The van der Waals surface area contributed by atoms with Crippen molar-refractivity contribution in [2.75, 3.05) is 0 Å². The molecule has 6 nitrogen and oxygen atoms in total. The Morgan fingerprint density at radius 3 is 2.67 bits per heavy atom. The van der Waals surface area contributed by atoms with E-state index in [0.29, 0.717) is 18.3 Å². The van der Waals surface area contributed by atoms with Crippen LogP contribution in [-0.4, -0.2) is 26.8 Å². The molecule has 21 heavy (non-hydrogen) atoms. The summed E-state index contributed by atoms with van der Waals surface area (Å²) in [6, 6.07) is 3.83. The van der Waals surface area contributed by atoms with Gasteiger partial charge >= 0.3 is 5.97 Å². The number of hydrogen-bond acceptors (Lipinski definition) is 6. The minimum Gasteiger partial charge on any atom is -0.481 e. The lowest BCUT2D eigenvalue weighted by Crippen LogP contribution is -2.54. The quantitative estimate of drug-likeness (QED) is 0.853. The number of rotatable bonds is 6. The van der Waals surface area contributed by atoms with Gasteiger partial charge in [0.15, 0.2) is 0 Å². The fourth-order valence-corrected chi connectivity index (χ4v) is 2.25. The molecule has 0 saturated heterocycles. The van der Waals surface area contributed by atoms with Gasteiger partial charge < -0.3 is 14.8 Å². The van der Waals surface area contributed by atoms with E-state index in [4.69, 9.17) is 4.42 Å². The summed E-state index contributed by atoms with van der Waals surface area (Å²) in [7, 11) is 0. The zero-order valence-electron chi connectivity index (χ0n) is 12.5. The molecule has 0 fully saturated rings. The molecule has 0 amide bonds. The van der Waals surface area contributed by atoms with Crippen molar-refractivity contribution in [3.63, 3.8) is 0 Å². The van der Waals surface area contributed by atoms with Gasteiger partial charge in [0.25, 0.3) is 5.89 Å². The van der Waals surface area contributed by atoms with Gasteiger partial charge in [0.05, 0.1) is 16.8 Å². The third-order valence-corrected chi connectivity index (χ3v) is 4.84. The molecule has 0 spiro atoms. The number of aromatic nitrogens is 2. The largest absolute Gasteiger partial charge is 0.481 e. The maximum atomic E-state index is 11.3. The molecule has 0 unspecified atom stereocenters. The predicted molar refractivity (Wildman–Crippen MR) is 79.9 cm³/mol. The van der Waals surface area contributed by atoms with Crippen molar-refractivity contribution >= 4 is 17.3 Å². The minimum atomic E-state index is -0.927. The molecule has 2 rings (SSSR count). The molecule has 0 aliphatic carbocycles. The highest BCUT2D eigenvalue weighted by atomic mass is 32.1. The lowest BCUT2D eigenvalue weighted by molar-refractivity contribution is -0.151. The molecule has 2 heterocycles. The predicted octanol–water partition coefficient (Wildman–Crippen LogP) is 2.78. The van der Waals surface area contributed by atoms with E-state index in [2.05, 4.69) is 15.5 Å². The molecule has 0 radical (unpaired) electrons. The van der Waals surface area contributed by atoms with Gasteiger partial charge in [-0.3, -0.25) is 4.79 Å². The summed E-state index contributed by atoms with van der Waals surface area (Å²) in [5.74, 6) is 0.0644. The van der Waals surface area contributed by atoms with Gasteiger partial charge in [-0.05, 0) is 39.1 Å². The summed E-state index contributed by atoms with van der Waals surface area (Å²) in [5.41, 5.74) is -1.56. The van der Waals surface area contributed by atoms with Crippen LogP contribution in [0.4, 0.5) is 0 Å². The lowest BCUT2D eigenvalue weighted by Gasteiger charge is -2.38. The van der Waals surface area contributed by atoms with E-state index >= 15 is 0 Å². The summed E-state index contributed by atoms with van der Waals surface area (Å²) in [5, 5.41) is 22.4. The number of hydrogen-bond donors (Lipinski definition) is 2. The third kappa shape index (κ3) is 3.14. The first kappa shape index (κ1) is 15.7. The van der Waals surface area contributed by atoms with Crippen LogP contribution in [0.2, 0.25) is 0 Å². The Bertz CT molecular complexity index is 617. The van der Waals surface area contributed by atoms with E-state index in [1.165, 1.54) is 11.3 Å². The second-order valence-corrected chi connectivity index (χ2v) is 6.83. The summed E-state index contributed by atoms with van der Waals surface area (Å²) in [6.45, 7) is 7.39. The Labute approximate surface area is 127 Å². The molecule has 0 aliphatic heterocycles. The van der Waals surface area contributed by atoms with Gasteiger partial charge in [-0.1, -0.05) is 6.07 Å². The number of carbonyl (C=O) groups is 1. The first-order valence-corrected chi connectivity index (χ1v) is 7.47. The van der Waals surface area contributed by atoms with Crippen LogP contribution < -0.4 is 5.32 Å². The smallest absolute Gasteiger partial charge is 0.310 e. The van der Waals surface area contributed by atoms with Crippen LogP contribution in [-0.2, 0) is 11.3 Å². The van der Waals surface area contributed by atoms with E-state index in [1.54, 1.807) is 13.8 Å². The van der Waals surface area contributed by atoms with Crippen molar-refractivity contribution in [2.24, 2.45) is 5.41 Å². The van der Waals surface area contributed by atoms with E-state index in [9.17, 15) is 9.90 Å². The summed E-state index contributed by atoms with van der Waals surface area (Å²) < 4.78 is 5.57. The van der Waals surface area contributed by atoms with Gasteiger partial charge in [0, 0.05) is 5.54 Å². The maximum absolute atomic E-state index is 11.3. The van der Waals surface area contributed by atoms with Gasteiger partial charge in [0.1, 0.15) is 0 Å². The fraction of sp³-hybridized carbons (Fsp3) is 0.500. The molecule has 2 N–H and O–H groups in total. The average Bonchev–Trinajstić information content (AvgIpc) is 3.07. The van der Waals surface area contributed by atoms with E-state index in [1.807, 2.05) is 31.4 Å². The molecule has 2 aromatic rings. The second-order valence-electron chi connectivity index (χ2n) is 5.89. The number of thiophene rings is 1. The Balaban J connectivity index is 2.05. The standard InChI is InChI=1S/C14H19N3O3S/c1-13(2,12(18)19)14(3,4)15-8-10-16-17-11(20-10)9-6-5-7-21-9/h5-7,15H,8H2,1-4H3,(H,18,19). The first-order chi connectivity index (χ1) is 9.74. The van der Waals surface area contributed by atoms with Crippen LogP contribution in [0.5, 0.6) is 0 Å². The molecular weight excluding hydrogens is 290 g/mol. The van der Waals surface area contributed by atoms with Crippen molar-refractivity contribution in [1.82, 2.24) is 15.5 Å². The van der Waals surface area contributed by atoms with Crippen LogP contribution in [0.1, 0.15) is 33.6 Å². The third-order valence-electron chi connectivity index (χ3n) is 3.98. The SMILES string of the molecule is CC(C)(NCc1nnc(-c2cccs2)o1)C(C)(C)C(=O)O. The molecule has 0 atom stereocenters. The zero-order chi connectivity index (χ0) is 15.7. The zero-order valence-corrected chi connectivity index (χ0v) is 13.3. The van der Waals surface area contributed by atoms with Gasteiger partial charge in [-0.2, -0.15) is 0 Å². The molecule has 7 heteroatoms. The van der Waals surface area contributed by atoms with Crippen LogP contribution >= 0.6 is 11.3 Å². The van der Waals surface area contributed by atoms with Gasteiger partial charge in [-0.25, -0.2) is 0 Å². The molecule has 0 aliphatic rings. The van der Waals surface area contributed by atoms with Gasteiger partial charge in [0.2, 0.25) is 5.89 Å². The minimum absolute atomic E-state index is 0.322.